The van der Waals surface area contributed by atoms with E-state index in [-0.39, 0.29) is 37.5 Å². The zero-order valence-electron chi connectivity index (χ0n) is 43.0. The van der Waals surface area contributed by atoms with Crippen LogP contribution in [0.25, 0.3) is 0 Å². The van der Waals surface area contributed by atoms with Crippen molar-refractivity contribution in [1.29, 1.82) is 0 Å². The average Bonchev–Trinajstić information content (AvgIpc) is 3.30. The first-order valence-corrected chi connectivity index (χ1v) is 27.8. The van der Waals surface area contributed by atoms with Gasteiger partial charge < -0.3 is 14.2 Å². The predicted molar refractivity (Wildman–Crippen MR) is 279 cm³/mol. The van der Waals surface area contributed by atoms with Gasteiger partial charge in [0.15, 0.2) is 6.10 Å². The summed E-state index contributed by atoms with van der Waals surface area (Å²) in [6.45, 7) is 6.57. The van der Waals surface area contributed by atoms with Crippen LogP contribution in [-0.4, -0.2) is 37.2 Å². The summed E-state index contributed by atoms with van der Waals surface area (Å²) in [5.74, 6) is -0.968. The summed E-state index contributed by atoms with van der Waals surface area (Å²) in [5, 5.41) is 0. The minimum atomic E-state index is -0.800. The second-order valence-corrected chi connectivity index (χ2v) is 18.5. The Morgan fingerprint density at radius 3 is 0.954 bits per heavy atom. The van der Waals surface area contributed by atoms with Crippen LogP contribution in [-0.2, 0) is 28.6 Å². The molecule has 0 heterocycles. The van der Waals surface area contributed by atoms with Crippen LogP contribution in [0.1, 0.15) is 278 Å². The second-order valence-electron chi connectivity index (χ2n) is 18.5. The van der Waals surface area contributed by atoms with Gasteiger partial charge >= 0.3 is 17.9 Å². The van der Waals surface area contributed by atoms with Gasteiger partial charge in [-0.1, -0.05) is 261 Å². The number of rotatable bonds is 50. The fourth-order valence-corrected chi connectivity index (χ4v) is 7.84. The average molecular weight is 909 g/mol. The van der Waals surface area contributed by atoms with Gasteiger partial charge in [0.05, 0.1) is 0 Å². The largest absolute Gasteiger partial charge is 0.462 e. The van der Waals surface area contributed by atoms with Crippen LogP contribution < -0.4 is 0 Å². The van der Waals surface area contributed by atoms with Crippen molar-refractivity contribution < 1.29 is 28.6 Å². The van der Waals surface area contributed by atoms with Gasteiger partial charge in [0, 0.05) is 19.3 Å². The molecule has 0 bridgehead atoms. The summed E-state index contributed by atoms with van der Waals surface area (Å²) in [7, 11) is 0. The Morgan fingerprint density at radius 1 is 0.308 bits per heavy atom. The molecule has 0 aliphatic heterocycles. The number of unbranched alkanes of at least 4 members (excludes halogenated alkanes) is 29. The van der Waals surface area contributed by atoms with Crippen molar-refractivity contribution in [2.24, 2.45) is 0 Å². The zero-order chi connectivity index (χ0) is 47.2. The quantitative estimate of drug-likeness (QED) is 0.0262. The highest BCUT2D eigenvalue weighted by molar-refractivity contribution is 5.71. The Balaban J connectivity index is 4.46. The molecule has 0 aromatic carbocycles. The predicted octanol–water partition coefficient (Wildman–Crippen LogP) is 18.4. The highest BCUT2D eigenvalue weighted by Crippen LogP contribution is 2.16. The van der Waals surface area contributed by atoms with Crippen molar-refractivity contribution in [2.75, 3.05) is 13.2 Å². The van der Waals surface area contributed by atoms with E-state index in [1.165, 1.54) is 167 Å². The molecule has 0 saturated carbocycles. The third kappa shape index (κ3) is 51.9. The van der Waals surface area contributed by atoms with Crippen molar-refractivity contribution in [2.45, 2.75) is 284 Å². The number of hydrogen-bond donors (Lipinski definition) is 0. The summed E-state index contributed by atoms with van der Waals surface area (Å²) in [6.07, 6.45) is 66.4. The molecule has 0 aromatic rings. The van der Waals surface area contributed by atoms with E-state index < -0.39 is 6.10 Å². The lowest BCUT2D eigenvalue weighted by atomic mass is 10.0. The summed E-state index contributed by atoms with van der Waals surface area (Å²) in [6, 6.07) is 0. The fourth-order valence-electron chi connectivity index (χ4n) is 7.84. The van der Waals surface area contributed by atoms with Crippen molar-refractivity contribution in [3.63, 3.8) is 0 Å². The first kappa shape index (κ1) is 62.1. The Hall–Kier alpha value is -2.89. The molecule has 0 aliphatic carbocycles. The first-order chi connectivity index (χ1) is 32.0. The van der Waals surface area contributed by atoms with E-state index in [1.807, 2.05) is 6.08 Å². The van der Waals surface area contributed by atoms with Crippen LogP contribution in [0.5, 0.6) is 0 Å². The topological polar surface area (TPSA) is 78.9 Å². The van der Waals surface area contributed by atoms with E-state index in [9.17, 15) is 14.4 Å². The number of hydrogen-bond acceptors (Lipinski definition) is 6. The number of ether oxygens (including phenoxy) is 3. The van der Waals surface area contributed by atoms with Gasteiger partial charge in [0.1, 0.15) is 13.2 Å². The summed E-state index contributed by atoms with van der Waals surface area (Å²) in [5.41, 5.74) is 0. The van der Waals surface area contributed by atoms with E-state index in [0.717, 1.165) is 64.2 Å². The molecule has 0 N–H and O–H groups in total. The Kier molecular flexibility index (Phi) is 51.3. The van der Waals surface area contributed by atoms with Crippen LogP contribution >= 0.6 is 0 Å². The van der Waals surface area contributed by atoms with E-state index in [1.54, 1.807) is 0 Å². The van der Waals surface area contributed by atoms with Gasteiger partial charge in [-0.3, -0.25) is 14.4 Å². The van der Waals surface area contributed by atoms with Crippen molar-refractivity contribution >= 4 is 17.9 Å². The molecule has 0 fully saturated rings. The minimum Gasteiger partial charge on any atom is -0.462 e. The SMILES string of the molecule is CCCCC/C=C\C/C=C\C/C=C\C/C=C\C/C=C\CCC(=O)OC[C@H](COC(=O)CCCCCCCCCCCCCCC)OC(=O)CCCCCCCCCCCCCCCCC. The fraction of sp³-hybridized carbons (Fsp3) is 0.780. The lowest BCUT2D eigenvalue weighted by Crippen LogP contribution is -2.30. The molecule has 65 heavy (non-hydrogen) atoms. The molecule has 6 heteroatoms. The highest BCUT2D eigenvalue weighted by Gasteiger charge is 2.19. The number of esters is 3. The van der Waals surface area contributed by atoms with Gasteiger partial charge in [0.2, 0.25) is 0 Å². The normalized spacial score (nSPS) is 12.5. The lowest BCUT2D eigenvalue weighted by molar-refractivity contribution is -0.166. The number of carbonyl (C=O) groups is 3. The van der Waals surface area contributed by atoms with Gasteiger partial charge in [-0.25, -0.2) is 0 Å². The van der Waals surface area contributed by atoms with E-state index in [0.29, 0.717) is 19.3 Å². The molecule has 0 unspecified atom stereocenters. The third-order valence-corrected chi connectivity index (χ3v) is 12.0. The molecular weight excluding hydrogens is 805 g/mol. The second kappa shape index (κ2) is 53.7. The van der Waals surface area contributed by atoms with Crippen LogP contribution in [0, 0.1) is 0 Å². The molecule has 0 rings (SSSR count). The molecule has 0 aliphatic rings. The van der Waals surface area contributed by atoms with Crippen LogP contribution in [0.2, 0.25) is 0 Å². The number of allylic oxidation sites excluding steroid dienone is 10. The molecule has 376 valence electrons. The maximum absolute atomic E-state index is 12.8. The lowest BCUT2D eigenvalue weighted by Gasteiger charge is -2.18. The van der Waals surface area contributed by atoms with Gasteiger partial charge in [-0.15, -0.1) is 0 Å². The summed E-state index contributed by atoms with van der Waals surface area (Å²) >= 11 is 0. The Morgan fingerprint density at radius 2 is 0.585 bits per heavy atom. The summed E-state index contributed by atoms with van der Waals surface area (Å²) in [4.78, 5) is 38.0. The molecule has 1 atom stereocenters. The third-order valence-electron chi connectivity index (χ3n) is 12.0. The van der Waals surface area contributed by atoms with E-state index in [4.69, 9.17) is 14.2 Å². The van der Waals surface area contributed by atoms with Gasteiger partial charge in [-0.2, -0.15) is 0 Å². The van der Waals surface area contributed by atoms with E-state index in [2.05, 4.69) is 75.5 Å². The van der Waals surface area contributed by atoms with Crippen LogP contribution in [0.3, 0.4) is 0 Å². The molecule has 0 radical (unpaired) electrons. The molecule has 0 aromatic heterocycles. The maximum atomic E-state index is 12.8. The van der Waals surface area contributed by atoms with Crippen molar-refractivity contribution in [3.05, 3.63) is 60.8 Å². The minimum absolute atomic E-state index is 0.0931. The molecule has 0 amide bonds. The molecule has 0 spiro atoms. The van der Waals surface area contributed by atoms with Gasteiger partial charge in [0.25, 0.3) is 0 Å². The smallest absolute Gasteiger partial charge is 0.306 e. The number of carbonyl (C=O) groups excluding carboxylic acids is 3. The zero-order valence-corrected chi connectivity index (χ0v) is 43.0. The van der Waals surface area contributed by atoms with Crippen LogP contribution in [0.15, 0.2) is 60.8 Å². The molecule has 6 nitrogen and oxygen atoms in total. The summed E-state index contributed by atoms with van der Waals surface area (Å²) < 4.78 is 16.8. The van der Waals surface area contributed by atoms with E-state index >= 15 is 0 Å². The van der Waals surface area contributed by atoms with Crippen LogP contribution in [0.4, 0.5) is 0 Å². The molecular formula is C59H104O6. The van der Waals surface area contributed by atoms with Crippen molar-refractivity contribution in [3.8, 4) is 0 Å². The molecule has 0 saturated heterocycles. The van der Waals surface area contributed by atoms with Gasteiger partial charge in [-0.05, 0) is 57.8 Å². The van der Waals surface area contributed by atoms with Crippen molar-refractivity contribution in [1.82, 2.24) is 0 Å². The Labute approximate surface area is 402 Å². The first-order valence-electron chi connectivity index (χ1n) is 27.8. The highest BCUT2D eigenvalue weighted by atomic mass is 16.6. The maximum Gasteiger partial charge on any atom is 0.306 e. The monoisotopic (exact) mass is 909 g/mol. The standard InChI is InChI=1S/C59H104O6/c1-4-7-10-13-16-19-22-25-27-28-29-30-32-34-37-40-43-46-49-52-58(61)64-55-56(54-63-57(60)51-48-45-42-39-36-33-24-21-18-15-12-9-6-3)65-59(62)53-50-47-44-41-38-35-31-26-23-20-17-14-11-8-5-2/h16,19,25,27,29-30,34,37,43,46,56H,4-15,17-18,20-24,26,28,31-33,35-36,38-42,44-45,47-55H2,1-3H3/b19-16-,27-25-,30-29-,37-34-,46-43-/t56-/m0/s1. The Bertz CT molecular complexity index is 1180.